The van der Waals surface area contributed by atoms with Crippen LogP contribution in [-0.2, 0) is 21.4 Å². The Kier molecular flexibility index (Phi) is 6.99. The molecule has 0 spiro atoms. The average molecular weight is 391 g/mol. The van der Waals surface area contributed by atoms with E-state index in [0.29, 0.717) is 19.4 Å². The van der Waals surface area contributed by atoms with E-state index in [-0.39, 0.29) is 17.5 Å². The van der Waals surface area contributed by atoms with Gasteiger partial charge in [-0.3, -0.25) is 4.79 Å². The molecular weight excluding hydrogens is 360 g/mol. The highest BCUT2D eigenvalue weighted by Gasteiger charge is 2.38. The Bertz CT molecular complexity index is 882. The Morgan fingerprint density at radius 1 is 1.10 bits per heavy atom. The van der Waals surface area contributed by atoms with Gasteiger partial charge < -0.3 is 9.47 Å². The molecule has 0 aromatic heterocycles. The van der Waals surface area contributed by atoms with Gasteiger partial charge in [-0.1, -0.05) is 56.0 Å². The van der Waals surface area contributed by atoms with Crippen LogP contribution in [0, 0.1) is 11.8 Å². The minimum atomic E-state index is -0.151. The molecule has 3 nitrogen and oxygen atoms in total. The molecule has 0 N–H and O–H groups in total. The SMILES string of the molecule is CCOC(=O)CCc1ccc(C#CC2CC(CC)(CC)c3ccccc3O2)cc1. The van der Waals surface area contributed by atoms with Gasteiger partial charge in [0, 0.05) is 29.4 Å². The fourth-order valence-corrected chi connectivity index (χ4v) is 4.07. The number of benzene rings is 2. The third-order valence-electron chi connectivity index (χ3n) is 5.91. The molecule has 29 heavy (non-hydrogen) atoms. The smallest absolute Gasteiger partial charge is 0.306 e. The van der Waals surface area contributed by atoms with Gasteiger partial charge in [0.05, 0.1) is 6.61 Å². The first kappa shape index (κ1) is 21.0. The van der Waals surface area contributed by atoms with Gasteiger partial charge in [-0.25, -0.2) is 0 Å². The number of ether oxygens (including phenoxy) is 2. The summed E-state index contributed by atoms with van der Waals surface area (Å²) in [7, 11) is 0. The first-order chi connectivity index (χ1) is 14.1. The maximum Gasteiger partial charge on any atom is 0.306 e. The zero-order valence-corrected chi connectivity index (χ0v) is 17.7. The second kappa shape index (κ2) is 9.65. The van der Waals surface area contributed by atoms with E-state index in [1.165, 1.54) is 5.56 Å². The Morgan fingerprint density at radius 2 is 1.83 bits per heavy atom. The minimum absolute atomic E-state index is 0.103. The van der Waals surface area contributed by atoms with Crippen LogP contribution in [0.2, 0.25) is 0 Å². The summed E-state index contributed by atoms with van der Waals surface area (Å²) < 4.78 is 11.2. The zero-order chi connectivity index (χ0) is 20.7. The molecule has 0 bridgehead atoms. The molecule has 3 heteroatoms. The third kappa shape index (κ3) is 5.01. The number of esters is 1. The summed E-state index contributed by atoms with van der Waals surface area (Å²) in [6, 6.07) is 16.5. The van der Waals surface area contributed by atoms with Gasteiger partial charge in [0.25, 0.3) is 0 Å². The van der Waals surface area contributed by atoms with Crippen molar-refractivity contribution in [2.45, 2.75) is 64.4 Å². The van der Waals surface area contributed by atoms with Gasteiger partial charge in [-0.05, 0) is 49.9 Å². The Hall–Kier alpha value is -2.73. The first-order valence-electron chi connectivity index (χ1n) is 10.6. The number of hydrogen-bond acceptors (Lipinski definition) is 3. The monoisotopic (exact) mass is 390 g/mol. The maximum atomic E-state index is 11.5. The lowest BCUT2D eigenvalue weighted by atomic mass is 9.70. The van der Waals surface area contributed by atoms with Crippen LogP contribution in [0.25, 0.3) is 0 Å². The molecule has 3 rings (SSSR count). The predicted molar refractivity (Wildman–Crippen MR) is 116 cm³/mol. The van der Waals surface area contributed by atoms with Crippen LogP contribution in [0.15, 0.2) is 48.5 Å². The third-order valence-corrected chi connectivity index (χ3v) is 5.91. The number of carbonyl (C=O) groups is 1. The van der Waals surface area contributed by atoms with E-state index in [0.717, 1.165) is 36.1 Å². The van der Waals surface area contributed by atoms with Gasteiger partial charge in [-0.2, -0.15) is 0 Å². The topological polar surface area (TPSA) is 35.5 Å². The van der Waals surface area contributed by atoms with Crippen molar-refractivity contribution < 1.29 is 14.3 Å². The molecule has 1 aliphatic heterocycles. The molecule has 1 aliphatic rings. The van der Waals surface area contributed by atoms with E-state index >= 15 is 0 Å². The summed E-state index contributed by atoms with van der Waals surface area (Å²) in [6.45, 7) is 6.76. The molecule has 0 saturated heterocycles. The van der Waals surface area contributed by atoms with Gasteiger partial charge in [0.1, 0.15) is 5.75 Å². The maximum absolute atomic E-state index is 11.5. The van der Waals surface area contributed by atoms with Gasteiger partial charge in [-0.15, -0.1) is 0 Å². The lowest BCUT2D eigenvalue weighted by molar-refractivity contribution is -0.143. The predicted octanol–water partition coefficient (Wildman–Crippen LogP) is 5.44. The Morgan fingerprint density at radius 3 is 2.52 bits per heavy atom. The summed E-state index contributed by atoms with van der Waals surface area (Å²) in [4.78, 5) is 11.5. The van der Waals surface area contributed by atoms with E-state index in [9.17, 15) is 4.79 Å². The number of aryl methyl sites for hydroxylation is 1. The van der Waals surface area contributed by atoms with E-state index in [4.69, 9.17) is 9.47 Å². The van der Waals surface area contributed by atoms with Crippen molar-refractivity contribution in [3.63, 3.8) is 0 Å². The average Bonchev–Trinajstić information content (AvgIpc) is 2.76. The second-order valence-corrected chi connectivity index (χ2v) is 7.57. The van der Waals surface area contributed by atoms with Crippen molar-refractivity contribution in [1.82, 2.24) is 0 Å². The standard InChI is InChI=1S/C26H30O3/c1-4-26(5-2)19-22(29-24-10-8-7-9-23(24)26)17-15-20-11-13-21(14-12-20)16-18-25(27)28-6-3/h7-14,22H,4-6,16,18-19H2,1-3H3. The van der Waals surface area contributed by atoms with Crippen LogP contribution >= 0.6 is 0 Å². The molecule has 1 unspecified atom stereocenters. The van der Waals surface area contributed by atoms with Crippen molar-refractivity contribution in [3.8, 4) is 17.6 Å². The van der Waals surface area contributed by atoms with Crippen molar-refractivity contribution in [1.29, 1.82) is 0 Å². The van der Waals surface area contributed by atoms with Crippen LogP contribution in [-0.4, -0.2) is 18.7 Å². The van der Waals surface area contributed by atoms with Gasteiger partial charge in [0.15, 0.2) is 6.10 Å². The van der Waals surface area contributed by atoms with Crippen LogP contribution in [0.5, 0.6) is 5.75 Å². The van der Waals surface area contributed by atoms with Crippen molar-refractivity contribution in [2.24, 2.45) is 0 Å². The van der Waals surface area contributed by atoms with E-state index in [2.05, 4.69) is 43.9 Å². The second-order valence-electron chi connectivity index (χ2n) is 7.57. The molecule has 2 aromatic carbocycles. The minimum Gasteiger partial charge on any atom is -0.477 e. The quantitative estimate of drug-likeness (QED) is 0.486. The van der Waals surface area contributed by atoms with Crippen molar-refractivity contribution in [2.75, 3.05) is 6.61 Å². The normalized spacial score (nSPS) is 16.7. The van der Waals surface area contributed by atoms with E-state index < -0.39 is 0 Å². The number of hydrogen-bond donors (Lipinski definition) is 0. The lowest BCUT2D eigenvalue weighted by Crippen LogP contribution is -2.37. The molecule has 0 fully saturated rings. The molecule has 0 radical (unpaired) electrons. The molecule has 152 valence electrons. The number of fused-ring (bicyclic) bond motifs is 1. The fraction of sp³-hybridized carbons (Fsp3) is 0.423. The van der Waals surface area contributed by atoms with Crippen LogP contribution in [0.3, 0.4) is 0 Å². The molecule has 2 aromatic rings. The molecule has 0 amide bonds. The summed E-state index contributed by atoms with van der Waals surface area (Å²) in [5.41, 5.74) is 3.52. The summed E-state index contributed by atoms with van der Waals surface area (Å²) in [6.07, 6.45) is 4.07. The summed E-state index contributed by atoms with van der Waals surface area (Å²) in [5.74, 6) is 7.44. The van der Waals surface area contributed by atoms with Gasteiger partial charge in [0.2, 0.25) is 0 Å². The molecule has 1 heterocycles. The van der Waals surface area contributed by atoms with E-state index in [1.807, 2.05) is 37.3 Å². The summed E-state index contributed by atoms with van der Waals surface area (Å²) >= 11 is 0. The largest absolute Gasteiger partial charge is 0.477 e. The Labute approximate surface area is 174 Å². The number of para-hydroxylation sites is 1. The molecule has 0 aliphatic carbocycles. The van der Waals surface area contributed by atoms with Crippen LogP contribution in [0.4, 0.5) is 0 Å². The van der Waals surface area contributed by atoms with Crippen molar-refractivity contribution >= 4 is 5.97 Å². The molecular formula is C26H30O3. The van der Waals surface area contributed by atoms with Crippen LogP contribution in [0.1, 0.15) is 63.1 Å². The fourth-order valence-electron chi connectivity index (χ4n) is 4.07. The van der Waals surface area contributed by atoms with Crippen LogP contribution < -0.4 is 4.74 Å². The first-order valence-corrected chi connectivity index (χ1v) is 10.6. The number of rotatable bonds is 6. The molecule has 1 atom stereocenters. The lowest BCUT2D eigenvalue weighted by Gasteiger charge is -2.40. The Balaban J connectivity index is 1.69. The highest BCUT2D eigenvalue weighted by Crippen LogP contribution is 2.45. The molecule has 0 saturated carbocycles. The summed E-state index contributed by atoms with van der Waals surface area (Å²) in [5, 5.41) is 0. The number of carbonyl (C=O) groups excluding carboxylic acids is 1. The van der Waals surface area contributed by atoms with Crippen molar-refractivity contribution in [3.05, 3.63) is 65.2 Å². The zero-order valence-electron chi connectivity index (χ0n) is 17.7. The highest BCUT2D eigenvalue weighted by atomic mass is 16.5. The van der Waals surface area contributed by atoms with E-state index in [1.54, 1.807) is 0 Å². The van der Waals surface area contributed by atoms with Gasteiger partial charge >= 0.3 is 5.97 Å². The highest BCUT2D eigenvalue weighted by molar-refractivity contribution is 5.69.